The highest BCUT2D eigenvalue weighted by atomic mass is 35.5. The smallest absolute Gasteiger partial charge is 0.124 e. The number of ether oxygens (including phenoxy) is 1. The molecule has 1 atom stereocenters. The molecular weight excluding hydrogens is 480 g/mol. The Bertz CT molecular complexity index is 1260. The second-order valence-corrected chi connectivity index (χ2v) is 9.98. The van der Waals surface area contributed by atoms with Crippen molar-refractivity contribution in [3.05, 3.63) is 93.8 Å². The van der Waals surface area contributed by atoms with Crippen molar-refractivity contribution in [2.45, 2.75) is 38.2 Å². The zero-order chi connectivity index (χ0) is 25.1. The Morgan fingerprint density at radius 1 is 1.00 bits per heavy atom. The molecular formula is C30H30ClF2NO2. The van der Waals surface area contributed by atoms with Crippen molar-refractivity contribution in [2.24, 2.45) is 0 Å². The van der Waals surface area contributed by atoms with E-state index in [1.807, 2.05) is 24.3 Å². The molecule has 0 amide bonds. The second kappa shape index (κ2) is 11.0. The average molecular weight is 510 g/mol. The van der Waals surface area contributed by atoms with Gasteiger partial charge in [-0.1, -0.05) is 35.9 Å². The van der Waals surface area contributed by atoms with Gasteiger partial charge in [0, 0.05) is 19.6 Å². The first-order valence-electron chi connectivity index (χ1n) is 12.6. The Balaban J connectivity index is 1.49. The molecule has 1 aliphatic carbocycles. The number of hydrogen-bond donors (Lipinski definition) is 1. The van der Waals surface area contributed by atoms with Gasteiger partial charge in [-0.2, -0.15) is 0 Å². The molecule has 188 valence electrons. The minimum absolute atomic E-state index is 0.102. The number of nitrogens with zero attached hydrogens (tertiary/aromatic N) is 1. The summed E-state index contributed by atoms with van der Waals surface area (Å²) in [5.74, 6) is 0.691. The molecule has 1 saturated heterocycles. The highest BCUT2D eigenvalue weighted by Crippen LogP contribution is 2.42. The fraction of sp³-hybridized carbons (Fsp3) is 0.333. The van der Waals surface area contributed by atoms with Gasteiger partial charge in [-0.15, -0.1) is 0 Å². The molecule has 5 rings (SSSR count). The van der Waals surface area contributed by atoms with Crippen molar-refractivity contribution >= 4 is 22.7 Å². The minimum Gasteiger partial charge on any atom is -0.508 e. The van der Waals surface area contributed by atoms with Crippen LogP contribution >= 0.6 is 11.6 Å². The van der Waals surface area contributed by atoms with E-state index in [9.17, 15) is 13.9 Å². The lowest BCUT2D eigenvalue weighted by Gasteiger charge is -2.19. The lowest BCUT2D eigenvalue weighted by molar-refractivity contribution is 0.198. The fourth-order valence-electron chi connectivity index (χ4n) is 5.38. The zero-order valence-electron chi connectivity index (χ0n) is 20.2. The Morgan fingerprint density at radius 3 is 2.58 bits per heavy atom. The summed E-state index contributed by atoms with van der Waals surface area (Å²) in [5, 5.41) is 10.5. The largest absolute Gasteiger partial charge is 0.508 e. The summed E-state index contributed by atoms with van der Waals surface area (Å²) in [4.78, 5) is 2.25. The van der Waals surface area contributed by atoms with Gasteiger partial charge in [0.15, 0.2) is 0 Å². The lowest BCUT2D eigenvalue weighted by atomic mass is 9.87. The molecule has 36 heavy (non-hydrogen) atoms. The Kier molecular flexibility index (Phi) is 7.59. The van der Waals surface area contributed by atoms with E-state index in [2.05, 4.69) is 17.0 Å². The summed E-state index contributed by atoms with van der Waals surface area (Å²) in [7, 11) is 0. The van der Waals surface area contributed by atoms with Crippen molar-refractivity contribution in [3.8, 4) is 11.5 Å². The van der Waals surface area contributed by atoms with Crippen molar-refractivity contribution in [1.29, 1.82) is 0 Å². The van der Waals surface area contributed by atoms with E-state index in [1.54, 1.807) is 12.1 Å². The Labute approximate surface area is 216 Å². The van der Waals surface area contributed by atoms with Crippen LogP contribution in [0.4, 0.5) is 8.78 Å². The monoisotopic (exact) mass is 509 g/mol. The molecule has 3 nitrogen and oxygen atoms in total. The van der Waals surface area contributed by atoms with Gasteiger partial charge in [0.2, 0.25) is 0 Å². The van der Waals surface area contributed by atoms with Crippen LogP contribution in [0.3, 0.4) is 0 Å². The van der Waals surface area contributed by atoms with Gasteiger partial charge < -0.3 is 9.84 Å². The van der Waals surface area contributed by atoms with Crippen LogP contribution in [0.5, 0.6) is 11.5 Å². The number of rotatable bonds is 7. The molecule has 1 heterocycles. The zero-order valence-corrected chi connectivity index (χ0v) is 20.9. The van der Waals surface area contributed by atoms with Gasteiger partial charge in [-0.3, -0.25) is 9.29 Å². The van der Waals surface area contributed by atoms with Gasteiger partial charge in [0.1, 0.15) is 23.4 Å². The number of halogens is 3. The molecule has 1 fully saturated rings. The number of hydrogen-bond acceptors (Lipinski definition) is 3. The first-order valence-corrected chi connectivity index (χ1v) is 13.0. The van der Waals surface area contributed by atoms with Gasteiger partial charge in [-0.25, -0.2) is 4.39 Å². The molecule has 3 aromatic carbocycles. The van der Waals surface area contributed by atoms with Crippen molar-refractivity contribution < 1.29 is 18.6 Å². The number of benzene rings is 3. The highest BCUT2D eigenvalue weighted by Gasteiger charge is 2.25. The van der Waals surface area contributed by atoms with Gasteiger partial charge >= 0.3 is 0 Å². The van der Waals surface area contributed by atoms with Crippen LogP contribution in [0.25, 0.3) is 11.1 Å². The topological polar surface area (TPSA) is 32.7 Å². The molecule has 1 aliphatic heterocycles. The lowest BCUT2D eigenvalue weighted by Crippen LogP contribution is -2.26. The van der Waals surface area contributed by atoms with Gasteiger partial charge in [0.25, 0.3) is 0 Å². The van der Waals surface area contributed by atoms with E-state index in [1.165, 1.54) is 12.1 Å². The van der Waals surface area contributed by atoms with Crippen LogP contribution in [-0.2, 0) is 6.42 Å². The maximum Gasteiger partial charge on any atom is 0.124 e. The van der Waals surface area contributed by atoms with Crippen LogP contribution in [0, 0.1) is 5.82 Å². The van der Waals surface area contributed by atoms with E-state index in [0.29, 0.717) is 11.4 Å². The summed E-state index contributed by atoms with van der Waals surface area (Å²) >= 11 is 6.53. The Morgan fingerprint density at radius 2 is 1.81 bits per heavy atom. The van der Waals surface area contributed by atoms with E-state index < -0.39 is 0 Å². The molecule has 0 saturated carbocycles. The summed E-state index contributed by atoms with van der Waals surface area (Å²) in [6.07, 6.45) is 4.11. The first kappa shape index (κ1) is 24.8. The number of alkyl halides is 1. The number of likely N-dealkylation sites (tertiary alicyclic amines) is 1. The molecule has 0 aromatic heterocycles. The third kappa shape index (κ3) is 5.42. The molecule has 0 bridgehead atoms. The second-order valence-electron chi connectivity index (χ2n) is 9.57. The maximum absolute atomic E-state index is 13.8. The number of aryl methyl sites for hydroxylation is 1. The number of phenols is 1. The van der Waals surface area contributed by atoms with Crippen LogP contribution in [0.15, 0.2) is 60.7 Å². The predicted molar refractivity (Wildman–Crippen MR) is 141 cm³/mol. The molecule has 2 aliphatic rings. The molecule has 1 unspecified atom stereocenters. The van der Waals surface area contributed by atoms with Crippen LogP contribution in [0.2, 0.25) is 5.02 Å². The van der Waals surface area contributed by atoms with E-state index in [0.717, 1.165) is 84.5 Å². The molecule has 6 heteroatoms. The highest BCUT2D eigenvalue weighted by molar-refractivity contribution is 6.32. The van der Waals surface area contributed by atoms with E-state index >= 15 is 0 Å². The van der Waals surface area contributed by atoms with Crippen LogP contribution in [-0.4, -0.2) is 42.4 Å². The number of aromatic hydroxyl groups is 1. The standard InChI is InChI=1S/C30H30ClF2NO2/c31-29-18-22(33)7-11-27(29)28-4-1-3-21-17-23(35)8-12-26(21)30(28)20-5-9-24(10-6-20)36-25-13-16-34(19-25)15-2-14-32/h5-12,17-18,25,35H,1-4,13-16,19H2. The van der Waals surface area contributed by atoms with Crippen LogP contribution in [0.1, 0.15) is 47.9 Å². The van der Waals surface area contributed by atoms with Gasteiger partial charge in [-0.05, 0) is 102 Å². The molecule has 0 radical (unpaired) electrons. The molecule has 3 aromatic rings. The van der Waals surface area contributed by atoms with E-state index in [-0.39, 0.29) is 24.3 Å². The summed E-state index contributed by atoms with van der Waals surface area (Å²) in [6.45, 7) is 2.23. The summed E-state index contributed by atoms with van der Waals surface area (Å²) in [6, 6.07) is 18.1. The Hall–Kier alpha value is -2.89. The van der Waals surface area contributed by atoms with Crippen molar-refractivity contribution in [2.75, 3.05) is 26.3 Å². The molecule has 1 N–H and O–H groups in total. The number of allylic oxidation sites excluding steroid dienone is 1. The number of fused-ring (bicyclic) bond motifs is 1. The average Bonchev–Trinajstić information content (AvgIpc) is 3.22. The maximum atomic E-state index is 13.8. The van der Waals surface area contributed by atoms with Gasteiger partial charge in [0.05, 0.1) is 11.7 Å². The SMILES string of the molecule is Oc1ccc2c(c1)CCCC(c1ccc(F)cc1Cl)=C2c1ccc(OC2CCN(CCCF)C2)cc1. The van der Waals surface area contributed by atoms with Crippen molar-refractivity contribution in [3.63, 3.8) is 0 Å². The molecule has 0 spiro atoms. The van der Waals surface area contributed by atoms with E-state index in [4.69, 9.17) is 16.3 Å². The summed E-state index contributed by atoms with van der Waals surface area (Å²) in [5.41, 5.74) is 6.08. The predicted octanol–water partition coefficient (Wildman–Crippen LogP) is 7.29. The quantitative estimate of drug-likeness (QED) is 0.363. The normalized spacial score (nSPS) is 18.2. The third-order valence-electron chi connectivity index (χ3n) is 7.07. The first-order chi connectivity index (χ1) is 17.5. The minimum atomic E-state index is -0.360. The van der Waals surface area contributed by atoms with Crippen LogP contribution < -0.4 is 4.74 Å². The number of phenolic OH excluding ortho intramolecular Hbond substituents is 1. The fourth-order valence-corrected chi connectivity index (χ4v) is 5.66. The third-order valence-corrected chi connectivity index (χ3v) is 7.38. The van der Waals surface area contributed by atoms with Crippen molar-refractivity contribution in [1.82, 2.24) is 4.90 Å². The summed E-state index contributed by atoms with van der Waals surface area (Å²) < 4.78 is 32.6.